The number of hydrogen-bond donors (Lipinski definition) is 0. The highest BCUT2D eigenvalue weighted by molar-refractivity contribution is 5.35. The van der Waals surface area contributed by atoms with E-state index in [1.54, 1.807) is 0 Å². The van der Waals surface area contributed by atoms with Crippen LogP contribution in [0, 0.1) is 0 Å². The van der Waals surface area contributed by atoms with E-state index in [2.05, 4.69) is 24.1 Å². The average molecular weight is 357 g/mol. The standard InChI is InChI=1S/C22H32N2O2/c1-3-5-10-18-25-22(26-19-11-6-4-2)16-14-21(15-17-22)24-23-20-12-8-7-9-13-20/h7-9,12-16H,3-6,10-11,17-19H2,1-2H3. The van der Waals surface area contributed by atoms with Gasteiger partial charge in [-0.3, -0.25) is 0 Å². The molecule has 142 valence electrons. The molecule has 1 aliphatic rings. The van der Waals surface area contributed by atoms with Crippen LogP contribution in [0.4, 0.5) is 5.69 Å². The Morgan fingerprint density at radius 1 is 0.885 bits per heavy atom. The largest absolute Gasteiger partial charge is 0.346 e. The van der Waals surface area contributed by atoms with Crippen molar-refractivity contribution in [2.75, 3.05) is 13.2 Å². The smallest absolute Gasteiger partial charge is 0.191 e. The second-order valence-electron chi connectivity index (χ2n) is 6.62. The molecule has 1 aromatic rings. The predicted molar refractivity (Wildman–Crippen MR) is 106 cm³/mol. The first-order valence-electron chi connectivity index (χ1n) is 9.92. The summed E-state index contributed by atoms with van der Waals surface area (Å²) in [6, 6.07) is 9.76. The van der Waals surface area contributed by atoms with Crippen LogP contribution < -0.4 is 0 Å². The number of unbranched alkanes of at least 4 members (excludes halogenated alkanes) is 4. The van der Waals surface area contributed by atoms with Gasteiger partial charge in [-0.2, -0.15) is 10.2 Å². The van der Waals surface area contributed by atoms with E-state index in [9.17, 15) is 0 Å². The van der Waals surface area contributed by atoms with Crippen LogP contribution >= 0.6 is 0 Å². The van der Waals surface area contributed by atoms with Crippen molar-refractivity contribution in [2.24, 2.45) is 10.2 Å². The van der Waals surface area contributed by atoms with Crippen LogP contribution in [0.2, 0.25) is 0 Å². The van der Waals surface area contributed by atoms with Gasteiger partial charge in [-0.1, -0.05) is 63.8 Å². The van der Waals surface area contributed by atoms with Gasteiger partial charge in [0.05, 0.1) is 24.6 Å². The molecule has 0 N–H and O–H groups in total. The highest BCUT2D eigenvalue weighted by Crippen LogP contribution is 2.28. The first-order chi connectivity index (χ1) is 12.8. The molecule has 0 atom stereocenters. The lowest BCUT2D eigenvalue weighted by Gasteiger charge is -2.32. The van der Waals surface area contributed by atoms with E-state index in [-0.39, 0.29) is 0 Å². The Labute approximate surface area is 158 Å². The van der Waals surface area contributed by atoms with Crippen molar-refractivity contribution in [3.8, 4) is 0 Å². The van der Waals surface area contributed by atoms with Crippen molar-refractivity contribution >= 4 is 5.69 Å². The molecule has 1 aliphatic carbocycles. The second-order valence-corrected chi connectivity index (χ2v) is 6.62. The third-order valence-electron chi connectivity index (χ3n) is 4.33. The third-order valence-corrected chi connectivity index (χ3v) is 4.33. The molecule has 26 heavy (non-hydrogen) atoms. The predicted octanol–water partition coefficient (Wildman–Crippen LogP) is 6.72. The fourth-order valence-electron chi connectivity index (χ4n) is 2.73. The summed E-state index contributed by atoms with van der Waals surface area (Å²) >= 11 is 0. The van der Waals surface area contributed by atoms with Crippen molar-refractivity contribution in [2.45, 2.75) is 64.6 Å². The number of azo groups is 1. The van der Waals surface area contributed by atoms with Gasteiger partial charge in [0.2, 0.25) is 0 Å². The Kier molecular flexibility index (Phi) is 9.29. The van der Waals surface area contributed by atoms with E-state index in [1.807, 2.05) is 48.6 Å². The van der Waals surface area contributed by atoms with Crippen LogP contribution in [-0.2, 0) is 9.47 Å². The zero-order chi connectivity index (χ0) is 18.5. The molecule has 0 amide bonds. The average Bonchev–Trinajstić information content (AvgIpc) is 2.69. The zero-order valence-electron chi connectivity index (χ0n) is 16.2. The Hall–Kier alpha value is -1.78. The van der Waals surface area contributed by atoms with Gasteiger partial charge >= 0.3 is 0 Å². The van der Waals surface area contributed by atoms with Crippen LogP contribution in [0.15, 0.2) is 64.5 Å². The maximum Gasteiger partial charge on any atom is 0.191 e. The van der Waals surface area contributed by atoms with Gasteiger partial charge in [0.25, 0.3) is 0 Å². The number of nitrogens with zero attached hydrogens (tertiary/aromatic N) is 2. The summed E-state index contributed by atoms with van der Waals surface area (Å²) in [7, 11) is 0. The minimum absolute atomic E-state index is 0.646. The lowest BCUT2D eigenvalue weighted by molar-refractivity contribution is -0.204. The second kappa shape index (κ2) is 11.8. The van der Waals surface area contributed by atoms with Crippen LogP contribution in [0.3, 0.4) is 0 Å². The maximum atomic E-state index is 6.14. The normalized spacial score (nSPS) is 16.2. The molecular weight excluding hydrogens is 324 g/mol. The van der Waals surface area contributed by atoms with Crippen molar-refractivity contribution in [3.63, 3.8) is 0 Å². The molecule has 2 rings (SSSR count). The lowest BCUT2D eigenvalue weighted by atomic mass is 10.1. The van der Waals surface area contributed by atoms with Crippen LogP contribution in [0.25, 0.3) is 0 Å². The SMILES string of the molecule is CCCCCOC1(OCCCCC)C=CC(N=Nc2ccccc2)=CC1. The van der Waals surface area contributed by atoms with E-state index in [0.717, 1.165) is 37.4 Å². The number of allylic oxidation sites excluding steroid dienone is 1. The molecule has 0 fully saturated rings. The Morgan fingerprint density at radius 3 is 2.08 bits per heavy atom. The first kappa shape index (κ1) is 20.5. The van der Waals surface area contributed by atoms with Gasteiger partial charge in [0.1, 0.15) is 0 Å². The summed E-state index contributed by atoms with van der Waals surface area (Å²) in [5.74, 6) is -0.646. The minimum Gasteiger partial charge on any atom is -0.346 e. The van der Waals surface area contributed by atoms with E-state index in [1.165, 1.54) is 25.7 Å². The number of hydrogen-bond acceptors (Lipinski definition) is 4. The molecule has 0 saturated carbocycles. The Bertz CT molecular complexity index is 581. The minimum atomic E-state index is -0.646. The molecule has 0 aliphatic heterocycles. The molecule has 0 saturated heterocycles. The van der Waals surface area contributed by atoms with Gasteiger partial charge in [-0.25, -0.2) is 0 Å². The number of rotatable bonds is 12. The molecule has 0 bridgehead atoms. The molecule has 0 spiro atoms. The maximum absolute atomic E-state index is 6.14. The highest BCUT2D eigenvalue weighted by Gasteiger charge is 2.30. The molecule has 0 radical (unpaired) electrons. The molecule has 4 heteroatoms. The fourth-order valence-corrected chi connectivity index (χ4v) is 2.73. The summed E-state index contributed by atoms with van der Waals surface area (Å²) in [6.45, 7) is 5.84. The van der Waals surface area contributed by atoms with Crippen molar-refractivity contribution in [1.82, 2.24) is 0 Å². The lowest BCUT2D eigenvalue weighted by Crippen LogP contribution is -2.35. The molecule has 4 nitrogen and oxygen atoms in total. The van der Waals surface area contributed by atoms with Crippen molar-refractivity contribution < 1.29 is 9.47 Å². The van der Waals surface area contributed by atoms with Gasteiger partial charge in [-0.05, 0) is 37.1 Å². The summed E-state index contributed by atoms with van der Waals surface area (Å²) in [4.78, 5) is 0. The zero-order valence-corrected chi connectivity index (χ0v) is 16.2. The monoisotopic (exact) mass is 356 g/mol. The summed E-state index contributed by atoms with van der Waals surface area (Å²) in [5.41, 5.74) is 1.70. The van der Waals surface area contributed by atoms with Crippen LogP contribution in [0.5, 0.6) is 0 Å². The topological polar surface area (TPSA) is 43.2 Å². The van der Waals surface area contributed by atoms with E-state index in [0.29, 0.717) is 6.42 Å². The highest BCUT2D eigenvalue weighted by atomic mass is 16.7. The van der Waals surface area contributed by atoms with Gasteiger partial charge in [0.15, 0.2) is 5.79 Å². The van der Waals surface area contributed by atoms with E-state index < -0.39 is 5.79 Å². The molecule has 0 unspecified atom stereocenters. The molecule has 0 aromatic heterocycles. The fraction of sp³-hybridized carbons (Fsp3) is 0.545. The third kappa shape index (κ3) is 7.22. The van der Waals surface area contributed by atoms with Gasteiger partial charge in [0, 0.05) is 6.42 Å². The van der Waals surface area contributed by atoms with E-state index in [4.69, 9.17) is 9.47 Å². The summed E-state index contributed by atoms with van der Waals surface area (Å²) in [5, 5.41) is 8.60. The Balaban J connectivity index is 1.93. The molecule has 1 aromatic carbocycles. The van der Waals surface area contributed by atoms with Crippen molar-refractivity contribution in [3.05, 3.63) is 54.3 Å². The van der Waals surface area contributed by atoms with Crippen LogP contribution in [-0.4, -0.2) is 19.0 Å². The molecule has 0 heterocycles. The Morgan fingerprint density at radius 2 is 1.54 bits per heavy atom. The van der Waals surface area contributed by atoms with Gasteiger partial charge in [-0.15, -0.1) is 0 Å². The van der Waals surface area contributed by atoms with Crippen molar-refractivity contribution in [1.29, 1.82) is 0 Å². The van der Waals surface area contributed by atoms with Gasteiger partial charge < -0.3 is 9.47 Å². The van der Waals surface area contributed by atoms with Crippen LogP contribution in [0.1, 0.15) is 58.8 Å². The summed E-state index contributed by atoms with van der Waals surface area (Å²) in [6.07, 6.45) is 13.5. The molecular formula is C22H32N2O2. The quantitative estimate of drug-likeness (QED) is 0.237. The first-order valence-corrected chi connectivity index (χ1v) is 9.92. The number of ether oxygens (including phenoxy) is 2. The van der Waals surface area contributed by atoms with E-state index >= 15 is 0 Å². The number of benzene rings is 1. The summed E-state index contributed by atoms with van der Waals surface area (Å²) < 4.78 is 12.3.